The Morgan fingerprint density at radius 1 is 0.933 bits per heavy atom. The molecule has 0 aliphatic carbocycles. The van der Waals surface area contributed by atoms with Gasteiger partial charge in [0.15, 0.2) is 0 Å². The van der Waals surface area contributed by atoms with Crippen LogP contribution in [0.15, 0.2) is 78.5 Å². The fourth-order valence-corrected chi connectivity index (χ4v) is 4.07. The second-order valence-electron chi connectivity index (χ2n) is 6.75. The first-order valence-corrected chi connectivity index (χ1v) is 10.4. The van der Waals surface area contributed by atoms with Crippen LogP contribution in [-0.4, -0.2) is 41.3 Å². The summed E-state index contributed by atoms with van der Waals surface area (Å²) in [5.41, 5.74) is 2.76. The second kappa shape index (κ2) is 8.36. The molecule has 1 aliphatic rings. The average molecular weight is 484 g/mol. The Morgan fingerprint density at radius 3 is 2.30 bits per heavy atom. The average Bonchev–Trinajstić information content (AvgIpc) is 2.96. The van der Waals surface area contributed by atoms with E-state index in [4.69, 9.17) is 11.6 Å². The fourth-order valence-electron chi connectivity index (χ4n) is 3.21. The zero-order valence-electron chi connectivity index (χ0n) is 15.7. The van der Waals surface area contributed by atoms with E-state index in [-0.39, 0.29) is 17.4 Å². The van der Waals surface area contributed by atoms with Crippen LogP contribution < -0.4 is 4.90 Å². The molecule has 0 atom stereocenters. The zero-order valence-corrected chi connectivity index (χ0v) is 18.2. The van der Waals surface area contributed by atoms with Gasteiger partial charge in [-0.1, -0.05) is 0 Å². The van der Waals surface area contributed by atoms with Gasteiger partial charge in [0.25, 0.3) is 0 Å². The summed E-state index contributed by atoms with van der Waals surface area (Å²) < 4.78 is 0.639. The van der Waals surface area contributed by atoms with E-state index in [1.807, 2.05) is 35.2 Å². The van der Waals surface area contributed by atoms with Crippen molar-refractivity contribution < 1.29 is 15.0 Å². The molecule has 1 aliphatic heterocycles. The first kappa shape index (κ1) is 20.2. The molecule has 1 heterocycles. The molecule has 1 saturated heterocycles. The summed E-state index contributed by atoms with van der Waals surface area (Å²) in [5, 5.41) is 20.0. The predicted octanol–water partition coefficient (Wildman–Crippen LogP) is 3.90. The maximum absolute atomic E-state index is 13.4. The molecular weight excluding hydrogens is 467 g/mol. The Bertz CT molecular complexity index is 1150. The van der Waals surface area contributed by atoms with Crippen LogP contribution in [0.5, 0.6) is 11.5 Å². The molecule has 0 unspecified atom stereocenters. The minimum atomic E-state index is -0.244. The van der Waals surface area contributed by atoms with Crippen molar-refractivity contribution in [3.05, 3.63) is 94.6 Å². The summed E-state index contributed by atoms with van der Waals surface area (Å²) >= 11 is 9.03. The van der Waals surface area contributed by atoms with Gasteiger partial charge in [-0.2, -0.15) is 0 Å². The molecular formula is C23H17ClN2O3Se. The van der Waals surface area contributed by atoms with E-state index in [9.17, 15) is 15.0 Å². The molecule has 4 rings (SSSR count). The molecule has 0 spiro atoms. The number of phenols is 2. The predicted molar refractivity (Wildman–Crippen MR) is 119 cm³/mol. The molecule has 0 aromatic heterocycles. The first-order chi connectivity index (χ1) is 14.4. The third kappa shape index (κ3) is 3.98. The summed E-state index contributed by atoms with van der Waals surface area (Å²) in [7, 11) is 0. The van der Waals surface area contributed by atoms with E-state index in [0.717, 1.165) is 5.56 Å². The van der Waals surface area contributed by atoms with Crippen LogP contribution in [0.1, 0.15) is 11.1 Å². The normalized spacial score (nSPS) is 15.3. The van der Waals surface area contributed by atoms with Crippen LogP contribution in [0.3, 0.4) is 0 Å². The van der Waals surface area contributed by atoms with Crippen molar-refractivity contribution in [2.45, 2.75) is 6.54 Å². The fraction of sp³-hybridized carbons (Fsp3) is 0.0435. The van der Waals surface area contributed by atoms with Crippen LogP contribution in [-0.2, 0) is 11.3 Å². The van der Waals surface area contributed by atoms with Gasteiger partial charge in [-0.25, -0.2) is 0 Å². The third-order valence-electron chi connectivity index (χ3n) is 4.71. The minimum absolute atomic E-state index is 0.213. The van der Waals surface area contributed by atoms with Crippen molar-refractivity contribution in [1.29, 1.82) is 0 Å². The molecule has 7 heteroatoms. The van der Waals surface area contributed by atoms with Gasteiger partial charge >= 0.3 is 187 Å². The third-order valence-corrected chi connectivity index (χ3v) is 5.80. The molecule has 0 bridgehead atoms. The number of amides is 1. The van der Waals surface area contributed by atoms with E-state index in [2.05, 4.69) is 15.6 Å². The Hall–Kier alpha value is -3.05. The van der Waals surface area contributed by atoms with Gasteiger partial charge in [0.1, 0.15) is 0 Å². The molecule has 150 valence electrons. The van der Waals surface area contributed by atoms with E-state index >= 15 is 0 Å². The van der Waals surface area contributed by atoms with Gasteiger partial charge in [0, 0.05) is 0 Å². The molecule has 5 nitrogen and oxygen atoms in total. The summed E-state index contributed by atoms with van der Waals surface area (Å²) in [6.45, 7) is 0.481. The number of carbonyl (C=O) groups is 1. The standard InChI is InChI=1S/C23H17ClN2O3Se/c24-17-7-9-18(10-8-17)26-22(29)19(12-16-6-11-20(27)21(28)13-16)25(23(26)30)14-15-4-2-1-3-5-15/h1-13,27-28H,14H2. The number of rotatable bonds is 4. The van der Waals surface area contributed by atoms with Crippen molar-refractivity contribution in [3.8, 4) is 11.5 Å². The number of nitrogens with zero attached hydrogens (tertiary/aromatic N) is 2. The van der Waals surface area contributed by atoms with Crippen LogP contribution in [0.2, 0.25) is 5.02 Å². The Kier molecular flexibility index (Phi) is 5.64. The number of aromatic hydroxyl groups is 2. The summed E-state index contributed by atoms with van der Waals surface area (Å²) in [4.78, 5) is 16.9. The Labute approximate surface area is 186 Å². The quantitative estimate of drug-likeness (QED) is 0.336. The molecule has 0 saturated carbocycles. The molecule has 2 N–H and O–H groups in total. The number of phenolic OH excluding ortho intramolecular Hbond substituents is 2. The van der Waals surface area contributed by atoms with E-state index in [1.165, 1.54) is 12.1 Å². The van der Waals surface area contributed by atoms with Crippen molar-refractivity contribution in [2.24, 2.45) is 0 Å². The van der Waals surface area contributed by atoms with Crippen molar-refractivity contribution in [2.75, 3.05) is 4.90 Å². The maximum atomic E-state index is 13.4. The van der Waals surface area contributed by atoms with Crippen LogP contribution in [0.4, 0.5) is 5.69 Å². The number of hydrogen-bond acceptors (Lipinski definition) is 4. The van der Waals surface area contributed by atoms with Crippen LogP contribution >= 0.6 is 11.6 Å². The molecule has 30 heavy (non-hydrogen) atoms. The van der Waals surface area contributed by atoms with Crippen molar-refractivity contribution >= 4 is 49.5 Å². The van der Waals surface area contributed by atoms with Crippen molar-refractivity contribution in [3.63, 3.8) is 0 Å². The van der Waals surface area contributed by atoms with Crippen molar-refractivity contribution in [1.82, 2.24) is 4.90 Å². The van der Waals surface area contributed by atoms with Gasteiger partial charge in [0.2, 0.25) is 0 Å². The Balaban J connectivity index is 1.77. The van der Waals surface area contributed by atoms with Gasteiger partial charge in [-0.05, 0) is 0 Å². The number of carbonyl (C=O) groups excluding carboxylic acids is 1. The van der Waals surface area contributed by atoms with Gasteiger partial charge in [-0.15, -0.1) is 0 Å². The topological polar surface area (TPSA) is 64.0 Å². The van der Waals surface area contributed by atoms with Crippen LogP contribution in [0, 0.1) is 0 Å². The first-order valence-electron chi connectivity index (χ1n) is 9.13. The number of halogens is 1. The van der Waals surface area contributed by atoms with Gasteiger partial charge in [-0.3, -0.25) is 0 Å². The van der Waals surface area contributed by atoms with Gasteiger partial charge < -0.3 is 0 Å². The molecule has 1 amide bonds. The van der Waals surface area contributed by atoms with Crippen LogP contribution in [0.25, 0.3) is 6.08 Å². The summed E-state index contributed by atoms with van der Waals surface area (Å²) in [6, 6.07) is 21.3. The number of anilines is 1. The molecule has 3 aromatic carbocycles. The van der Waals surface area contributed by atoms with E-state index in [0.29, 0.717) is 33.2 Å². The number of benzene rings is 3. The molecule has 1 fully saturated rings. The second-order valence-corrected chi connectivity index (χ2v) is 7.95. The molecule has 0 radical (unpaired) electrons. The van der Waals surface area contributed by atoms with E-state index in [1.54, 1.807) is 41.3 Å². The summed E-state index contributed by atoms with van der Waals surface area (Å²) in [6.07, 6.45) is 1.69. The monoisotopic (exact) mass is 484 g/mol. The van der Waals surface area contributed by atoms with E-state index < -0.39 is 0 Å². The summed E-state index contributed by atoms with van der Waals surface area (Å²) in [5.74, 6) is -0.671. The molecule has 3 aromatic rings. The zero-order chi connectivity index (χ0) is 21.3. The SMILES string of the molecule is O=C1C(=Cc2ccc(O)c(O)c2)N(Cc2ccccc2)C(=[Se])N1c1ccc(Cl)cc1. The number of hydrogen-bond donors (Lipinski definition) is 2. The van der Waals surface area contributed by atoms with Gasteiger partial charge in [0.05, 0.1) is 0 Å². The Morgan fingerprint density at radius 2 is 1.63 bits per heavy atom.